The first-order valence-electron chi connectivity index (χ1n) is 14.1. The van der Waals surface area contributed by atoms with Crippen molar-refractivity contribution in [2.75, 3.05) is 64.0 Å². The molecule has 0 amide bonds. The van der Waals surface area contributed by atoms with Crippen LogP contribution in [0.15, 0.2) is 60.9 Å². The summed E-state index contributed by atoms with van der Waals surface area (Å²) >= 11 is 0. The molecule has 2 aromatic carbocycles. The lowest BCUT2D eigenvalue weighted by molar-refractivity contribution is 0.292. The number of anilines is 2. The van der Waals surface area contributed by atoms with Gasteiger partial charge in [-0.3, -0.25) is 9.97 Å². The van der Waals surface area contributed by atoms with Gasteiger partial charge in [0.15, 0.2) is 0 Å². The van der Waals surface area contributed by atoms with E-state index in [-0.39, 0.29) is 0 Å². The number of aromatic nitrogens is 2. The molecule has 2 N–H and O–H groups in total. The molecule has 6 heteroatoms. The van der Waals surface area contributed by atoms with Crippen LogP contribution in [0.1, 0.15) is 36.8 Å². The molecule has 0 radical (unpaired) electrons. The summed E-state index contributed by atoms with van der Waals surface area (Å²) in [6.07, 6.45) is 8.53. The van der Waals surface area contributed by atoms with E-state index >= 15 is 0 Å². The average molecular weight is 513 g/mol. The molecule has 0 aliphatic carbocycles. The van der Waals surface area contributed by atoms with E-state index in [2.05, 4.69) is 107 Å². The van der Waals surface area contributed by atoms with Gasteiger partial charge in [-0.2, -0.15) is 0 Å². The van der Waals surface area contributed by atoms with Crippen LogP contribution < -0.4 is 10.6 Å². The van der Waals surface area contributed by atoms with Gasteiger partial charge in [-0.1, -0.05) is 24.3 Å². The Kier molecular flexibility index (Phi) is 10.3. The SMILES string of the molecule is Cc1ccc2c(NCCCN(C)CCCCN(C)CCCNc3ccnc4cc(C)ccc34)ccnc2c1. The van der Waals surface area contributed by atoms with Crippen molar-refractivity contribution in [3.63, 3.8) is 0 Å². The second-order valence-electron chi connectivity index (χ2n) is 10.6. The van der Waals surface area contributed by atoms with Gasteiger partial charge < -0.3 is 20.4 Å². The lowest BCUT2D eigenvalue weighted by Crippen LogP contribution is -2.25. The van der Waals surface area contributed by atoms with Gasteiger partial charge in [0, 0.05) is 47.6 Å². The first kappa shape index (κ1) is 27.8. The van der Waals surface area contributed by atoms with E-state index in [0.29, 0.717) is 0 Å². The van der Waals surface area contributed by atoms with Crippen LogP contribution in [0, 0.1) is 13.8 Å². The Labute approximate surface area is 228 Å². The van der Waals surface area contributed by atoms with E-state index in [1.807, 2.05) is 12.4 Å². The third-order valence-corrected chi connectivity index (χ3v) is 7.19. The Balaban J connectivity index is 1.05. The smallest absolute Gasteiger partial charge is 0.0725 e. The number of hydrogen-bond donors (Lipinski definition) is 2. The van der Waals surface area contributed by atoms with E-state index in [0.717, 1.165) is 63.1 Å². The lowest BCUT2D eigenvalue weighted by Gasteiger charge is -2.19. The molecule has 0 saturated heterocycles. The van der Waals surface area contributed by atoms with Gasteiger partial charge in [0.2, 0.25) is 0 Å². The molecule has 0 atom stereocenters. The van der Waals surface area contributed by atoms with Crippen molar-refractivity contribution in [1.29, 1.82) is 0 Å². The number of hydrogen-bond acceptors (Lipinski definition) is 6. The Morgan fingerprint density at radius 2 is 1.00 bits per heavy atom. The second kappa shape index (κ2) is 14.1. The molecule has 0 unspecified atom stereocenters. The zero-order chi connectivity index (χ0) is 26.7. The van der Waals surface area contributed by atoms with E-state index in [9.17, 15) is 0 Å². The maximum atomic E-state index is 4.50. The number of benzene rings is 2. The molecule has 4 aromatic rings. The molecule has 4 rings (SSSR count). The van der Waals surface area contributed by atoms with Crippen molar-refractivity contribution in [1.82, 2.24) is 19.8 Å². The summed E-state index contributed by atoms with van der Waals surface area (Å²) in [6, 6.07) is 17.1. The minimum absolute atomic E-state index is 0.975. The van der Waals surface area contributed by atoms with Gasteiger partial charge in [0.25, 0.3) is 0 Å². The van der Waals surface area contributed by atoms with Gasteiger partial charge in [0.05, 0.1) is 11.0 Å². The first-order valence-corrected chi connectivity index (χ1v) is 14.1. The van der Waals surface area contributed by atoms with Crippen molar-refractivity contribution in [2.45, 2.75) is 39.5 Å². The number of rotatable bonds is 15. The van der Waals surface area contributed by atoms with E-state index in [1.165, 1.54) is 46.1 Å². The van der Waals surface area contributed by atoms with E-state index in [4.69, 9.17) is 0 Å². The minimum atomic E-state index is 0.975. The fraction of sp³-hybridized carbons (Fsp3) is 0.438. The van der Waals surface area contributed by atoms with E-state index < -0.39 is 0 Å². The summed E-state index contributed by atoms with van der Waals surface area (Å²) in [5.74, 6) is 0. The maximum Gasteiger partial charge on any atom is 0.0725 e. The van der Waals surface area contributed by atoms with Crippen LogP contribution >= 0.6 is 0 Å². The zero-order valence-corrected chi connectivity index (χ0v) is 23.6. The minimum Gasteiger partial charge on any atom is -0.384 e. The molecule has 0 bridgehead atoms. The average Bonchev–Trinajstić information content (AvgIpc) is 2.91. The van der Waals surface area contributed by atoms with Gasteiger partial charge >= 0.3 is 0 Å². The molecule has 202 valence electrons. The normalized spacial score (nSPS) is 11.6. The molecule has 2 aromatic heterocycles. The lowest BCUT2D eigenvalue weighted by atomic mass is 10.1. The molecule has 0 aliphatic rings. The third-order valence-electron chi connectivity index (χ3n) is 7.19. The van der Waals surface area contributed by atoms with Crippen molar-refractivity contribution in [3.8, 4) is 0 Å². The van der Waals surface area contributed by atoms with Gasteiger partial charge in [0.1, 0.15) is 0 Å². The maximum absolute atomic E-state index is 4.50. The molecule has 0 saturated carbocycles. The fourth-order valence-electron chi connectivity index (χ4n) is 4.96. The highest BCUT2D eigenvalue weighted by Gasteiger charge is 2.05. The largest absolute Gasteiger partial charge is 0.384 e. The highest BCUT2D eigenvalue weighted by molar-refractivity contribution is 5.92. The molecular weight excluding hydrogens is 468 g/mol. The van der Waals surface area contributed by atoms with Crippen LogP contribution in [0.5, 0.6) is 0 Å². The van der Waals surface area contributed by atoms with Crippen LogP contribution in [-0.4, -0.2) is 73.1 Å². The van der Waals surface area contributed by atoms with Crippen LogP contribution in [0.3, 0.4) is 0 Å². The summed E-state index contributed by atoms with van der Waals surface area (Å²) < 4.78 is 0. The molecule has 0 spiro atoms. The van der Waals surface area contributed by atoms with Crippen LogP contribution in [0.25, 0.3) is 21.8 Å². The van der Waals surface area contributed by atoms with Crippen molar-refractivity contribution < 1.29 is 0 Å². The first-order chi connectivity index (χ1) is 18.5. The van der Waals surface area contributed by atoms with Crippen molar-refractivity contribution >= 4 is 33.2 Å². The quantitative estimate of drug-likeness (QED) is 0.181. The summed E-state index contributed by atoms with van der Waals surface area (Å²) in [5, 5.41) is 9.62. The number of fused-ring (bicyclic) bond motifs is 2. The third kappa shape index (κ3) is 8.14. The topological polar surface area (TPSA) is 56.3 Å². The molecule has 2 heterocycles. The van der Waals surface area contributed by atoms with Gasteiger partial charge in [-0.25, -0.2) is 0 Å². The van der Waals surface area contributed by atoms with E-state index in [1.54, 1.807) is 0 Å². The fourth-order valence-corrected chi connectivity index (χ4v) is 4.96. The highest BCUT2D eigenvalue weighted by Crippen LogP contribution is 2.23. The van der Waals surface area contributed by atoms with Crippen LogP contribution in [0.2, 0.25) is 0 Å². The Morgan fingerprint density at radius 3 is 1.45 bits per heavy atom. The molecule has 0 fully saturated rings. The predicted molar refractivity (Wildman–Crippen MR) is 163 cm³/mol. The van der Waals surface area contributed by atoms with Gasteiger partial charge in [-0.05, 0) is 115 Å². The number of unbranched alkanes of at least 4 members (excludes halogenated alkanes) is 1. The van der Waals surface area contributed by atoms with Crippen LogP contribution in [-0.2, 0) is 0 Å². The summed E-state index contributed by atoms with van der Waals surface area (Å²) in [4.78, 5) is 13.9. The highest BCUT2D eigenvalue weighted by atomic mass is 15.1. The van der Waals surface area contributed by atoms with Gasteiger partial charge in [-0.15, -0.1) is 0 Å². The Bertz CT molecular complexity index is 1200. The number of nitrogens with zero attached hydrogens (tertiary/aromatic N) is 4. The molecule has 6 nitrogen and oxygen atoms in total. The van der Waals surface area contributed by atoms with Crippen LogP contribution in [0.4, 0.5) is 11.4 Å². The molecular formula is C32H44N6. The second-order valence-corrected chi connectivity index (χ2v) is 10.6. The zero-order valence-electron chi connectivity index (χ0n) is 23.6. The standard InChI is InChI=1S/C32H44N6/c1-25-9-11-27-29(13-17-35-31(27)23-25)33-15-7-21-37(3)19-5-6-20-38(4)22-8-16-34-30-14-18-36-32-24-26(2)10-12-28(30)32/h9-14,17-18,23-24H,5-8,15-16,19-22H2,1-4H3,(H,33,35)(H,34,36). The number of nitrogens with one attached hydrogen (secondary N) is 2. The summed E-state index contributed by atoms with van der Waals surface area (Å²) in [7, 11) is 4.48. The number of aryl methyl sites for hydroxylation is 2. The Morgan fingerprint density at radius 1 is 0.579 bits per heavy atom. The monoisotopic (exact) mass is 512 g/mol. The van der Waals surface area contributed by atoms with Crippen molar-refractivity contribution in [3.05, 3.63) is 72.1 Å². The molecule has 38 heavy (non-hydrogen) atoms. The summed E-state index contributed by atoms with van der Waals surface area (Å²) in [6.45, 7) is 10.7. The van der Waals surface area contributed by atoms with Crippen molar-refractivity contribution in [2.24, 2.45) is 0 Å². The molecule has 0 aliphatic heterocycles. The predicted octanol–water partition coefficient (Wildman–Crippen LogP) is 6.35. The summed E-state index contributed by atoms with van der Waals surface area (Å²) in [5.41, 5.74) is 6.98. The Hall–Kier alpha value is -3.22. The number of pyridine rings is 2.